The van der Waals surface area contributed by atoms with Crippen LogP contribution in [-0.4, -0.2) is 23.7 Å². The van der Waals surface area contributed by atoms with Crippen molar-refractivity contribution in [2.45, 2.75) is 17.7 Å². The zero-order valence-electron chi connectivity index (χ0n) is 12.1. The van der Waals surface area contributed by atoms with E-state index in [0.717, 1.165) is 17.4 Å². The average Bonchev–Trinajstić information content (AvgIpc) is 2.58. The van der Waals surface area contributed by atoms with Gasteiger partial charge in [0.25, 0.3) is 0 Å². The van der Waals surface area contributed by atoms with Crippen molar-refractivity contribution in [3.8, 4) is 11.1 Å². The number of ether oxygens (including phenoxy) is 1. The molecular weight excluding hydrogens is 344 g/mol. The zero-order valence-corrected chi connectivity index (χ0v) is 13.7. The molecule has 0 N–H and O–H groups in total. The third kappa shape index (κ3) is 4.81. The lowest BCUT2D eigenvalue weighted by Gasteiger charge is -2.09. The number of hydrogen-bond donors (Lipinski definition) is 0. The summed E-state index contributed by atoms with van der Waals surface area (Å²) in [5.74, 6) is -0.352. The second kappa shape index (κ2) is 8.49. The molecule has 0 saturated heterocycles. The molecule has 3 nitrogen and oxygen atoms in total. The Morgan fingerprint density at radius 3 is 2.32 bits per heavy atom. The number of aldehydes is 1. The van der Waals surface area contributed by atoms with E-state index >= 15 is 0 Å². The number of hydrogen-bond acceptors (Lipinski definition) is 3. The van der Waals surface area contributed by atoms with Gasteiger partial charge in [0.2, 0.25) is 0 Å². The molecule has 0 radical (unpaired) electrons. The Bertz CT molecular complexity index is 608. The number of rotatable bonds is 7. The number of carbonyl (C=O) groups is 2. The maximum atomic E-state index is 12.0. The number of benzene rings is 2. The minimum atomic E-state index is -0.352. The van der Waals surface area contributed by atoms with Crippen LogP contribution in [0.15, 0.2) is 54.6 Å². The second-order valence-electron chi connectivity index (χ2n) is 4.88. The standard InChI is InChI=1S/C18H17BrO3/c19-17(7-4-12-20)13-22-18(21)16-10-8-15(9-11-16)14-5-2-1-3-6-14/h1-3,5-6,8-12,17H,4,7,13H2. The summed E-state index contributed by atoms with van der Waals surface area (Å²) >= 11 is 3.39. The van der Waals surface area contributed by atoms with E-state index in [-0.39, 0.29) is 17.4 Å². The van der Waals surface area contributed by atoms with Crippen LogP contribution in [-0.2, 0) is 9.53 Å². The van der Waals surface area contributed by atoms with Crippen LogP contribution in [0.25, 0.3) is 11.1 Å². The molecule has 0 aromatic heterocycles. The van der Waals surface area contributed by atoms with Gasteiger partial charge in [-0.25, -0.2) is 4.79 Å². The molecule has 114 valence electrons. The fraction of sp³-hybridized carbons (Fsp3) is 0.222. The summed E-state index contributed by atoms with van der Waals surface area (Å²) in [6, 6.07) is 17.3. The van der Waals surface area contributed by atoms with Crippen LogP contribution in [0.3, 0.4) is 0 Å². The lowest BCUT2D eigenvalue weighted by atomic mass is 10.0. The molecule has 2 aromatic rings. The van der Waals surface area contributed by atoms with Gasteiger partial charge in [0.05, 0.1) is 5.56 Å². The van der Waals surface area contributed by atoms with Gasteiger partial charge in [-0.15, -0.1) is 0 Å². The van der Waals surface area contributed by atoms with Crippen LogP contribution in [0.4, 0.5) is 0 Å². The SMILES string of the molecule is O=CCCC(Br)COC(=O)c1ccc(-c2ccccc2)cc1. The highest BCUT2D eigenvalue weighted by atomic mass is 79.9. The number of carbonyl (C=O) groups excluding carboxylic acids is 2. The topological polar surface area (TPSA) is 43.4 Å². The fourth-order valence-electron chi connectivity index (χ4n) is 2.01. The maximum Gasteiger partial charge on any atom is 0.338 e. The van der Waals surface area contributed by atoms with Crippen LogP contribution in [0.5, 0.6) is 0 Å². The van der Waals surface area contributed by atoms with E-state index < -0.39 is 0 Å². The molecule has 0 saturated carbocycles. The zero-order chi connectivity index (χ0) is 15.8. The average molecular weight is 361 g/mol. The molecule has 0 aliphatic rings. The predicted molar refractivity (Wildman–Crippen MR) is 90.2 cm³/mol. The smallest absolute Gasteiger partial charge is 0.338 e. The lowest BCUT2D eigenvalue weighted by molar-refractivity contribution is -0.107. The summed E-state index contributed by atoms with van der Waals surface area (Å²) in [7, 11) is 0. The van der Waals surface area contributed by atoms with Crippen molar-refractivity contribution in [3.05, 3.63) is 60.2 Å². The van der Waals surface area contributed by atoms with E-state index in [4.69, 9.17) is 4.74 Å². The first-order chi connectivity index (χ1) is 10.7. The molecule has 0 fully saturated rings. The molecule has 1 atom stereocenters. The number of esters is 1. The van der Waals surface area contributed by atoms with Crippen LogP contribution in [0.1, 0.15) is 23.2 Å². The summed E-state index contributed by atoms with van der Waals surface area (Å²) in [4.78, 5) is 22.3. The molecular formula is C18H17BrO3. The van der Waals surface area contributed by atoms with Crippen molar-refractivity contribution < 1.29 is 14.3 Å². The molecule has 1 unspecified atom stereocenters. The Morgan fingerprint density at radius 1 is 1.05 bits per heavy atom. The van der Waals surface area contributed by atoms with E-state index in [1.807, 2.05) is 42.5 Å². The number of halogens is 1. The van der Waals surface area contributed by atoms with Crippen molar-refractivity contribution >= 4 is 28.2 Å². The van der Waals surface area contributed by atoms with Crippen molar-refractivity contribution in [2.75, 3.05) is 6.61 Å². The molecule has 0 amide bonds. The molecule has 0 aliphatic heterocycles. The largest absolute Gasteiger partial charge is 0.461 e. The van der Waals surface area contributed by atoms with Crippen molar-refractivity contribution in [1.82, 2.24) is 0 Å². The highest BCUT2D eigenvalue weighted by Crippen LogP contribution is 2.19. The van der Waals surface area contributed by atoms with Crippen molar-refractivity contribution in [1.29, 1.82) is 0 Å². The molecule has 2 aromatic carbocycles. The van der Waals surface area contributed by atoms with E-state index in [1.54, 1.807) is 12.1 Å². The summed E-state index contributed by atoms with van der Waals surface area (Å²) in [6.07, 6.45) is 1.97. The van der Waals surface area contributed by atoms with Crippen LogP contribution >= 0.6 is 15.9 Å². The Morgan fingerprint density at radius 2 is 1.68 bits per heavy atom. The normalized spacial score (nSPS) is 11.7. The fourth-order valence-corrected chi connectivity index (χ4v) is 2.41. The van der Waals surface area contributed by atoms with E-state index in [1.165, 1.54) is 0 Å². The summed E-state index contributed by atoms with van der Waals surface area (Å²) in [5.41, 5.74) is 2.69. The van der Waals surface area contributed by atoms with Gasteiger partial charge < -0.3 is 9.53 Å². The van der Waals surface area contributed by atoms with Gasteiger partial charge in [-0.2, -0.15) is 0 Å². The molecule has 22 heavy (non-hydrogen) atoms. The summed E-state index contributed by atoms with van der Waals surface area (Å²) < 4.78 is 5.23. The molecule has 0 heterocycles. The van der Waals surface area contributed by atoms with Crippen LogP contribution in [0.2, 0.25) is 0 Å². The first-order valence-electron chi connectivity index (χ1n) is 7.11. The third-order valence-electron chi connectivity index (χ3n) is 3.22. The van der Waals surface area contributed by atoms with E-state index in [2.05, 4.69) is 15.9 Å². The van der Waals surface area contributed by atoms with Crippen LogP contribution in [0, 0.1) is 0 Å². The second-order valence-corrected chi connectivity index (χ2v) is 6.18. The maximum absolute atomic E-state index is 12.0. The van der Waals surface area contributed by atoms with Gasteiger partial charge in [-0.1, -0.05) is 58.4 Å². The van der Waals surface area contributed by atoms with Gasteiger partial charge in [-0.05, 0) is 29.7 Å². The highest BCUT2D eigenvalue weighted by Gasteiger charge is 2.11. The van der Waals surface area contributed by atoms with Gasteiger partial charge in [-0.3, -0.25) is 0 Å². The van der Waals surface area contributed by atoms with Crippen molar-refractivity contribution in [3.63, 3.8) is 0 Å². The first kappa shape index (κ1) is 16.4. The Balaban J connectivity index is 1.92. The minimum Gasteiger partial charge on any atom is -0.461 e. The molecule has 2 rings (SSSR count). The number of alkyl halides is 1. The van der Waals surface area contributed by atoms with Gasteiger partial charge in [0.15, 0.2) is 0 Å². The Hall–Kier alpha value is -1.94. The predicted octanol–water partition coefficient (Wildman–Crippen LogP) is 4.25. The summed E-state index contributed by atoms with van der Waals surface area (Å²) in [5, 5.41) is 0. The van der Waals surface area contributed by atoms with Gasteiger partial charge >= 0.3 is 5.97 Å². The molecule has 0 aliphatic carbocycles. The molecule has 0 spiro atoms. The van der Waals surface area contributed by atoms with Crippen LogP contribution < -0.4 is 0 Å². The lowest BCUT2D eigenvalue weighted by Crippen LogP contribution is -2.14. The first-order valence-corrected chi connectivity index (χ1v) is 8.02. The monoisotopic (exact) mass is 360 g/mol. The van der Waals surface area contributed by atoms with Crippen molar-refractivity contribution in [2.24, 2.45) is 0 Å². The third-order valence-corrected chi connectivity index (χ3v) is 3.94. The van der Waals surface area contributed by atoms with Gasteiger partial charge in [0.1, 0.15) is 12.9 Å². The quantitative estimate of drug-likeness (QED) is 0.421. The Labute approximate surface area is 138 Å². The van der Waals surface area contributed by atoms with E-state index in [9.17, 15) is 9.59 Å². The molecule has 0 bridgehead atoms. The summed E-state index contributed by atoms with van der Waals surface area (Å²) in [6.45, 7) is 0.257. The Kier molecular flexibility index (Phi) is 6.34. The van der Waals surface area contributed by atoms with E-state index in [0.29, 0.717) is 18.4 Å². The minimum absolute atomic E-state index is 0.00485. The van der Waals surface area contributed by atoms with Gasteiger partial charge in [0, 0.05) is 11.2 Å². The highest BCUT2D eigenvalue weighted by molar-refractivity contribution is 9.09. The molecule has 4 heteroatoms.